The average Bonchev–Trinajstić information content (AvgIpc) is 2.77. The largest absolute Gasteiger partial charge is 0.472 e. The number of esters is 3. The SMILES string of the molecule is CC/C=C\C/C=C\C/C=C\C/C=C\C/C=C\C/C=C\CCCCCCCCCCC(=O)OCC(O)COP(=O)(O)OCC(O)COP(=O)(O)OCC(COC(=O)CCCCCCCCC/C=C\C/C=C\C/C=C\CC)OC(=O)CCCCCCC/C=C\C/C=C\CCC. The first-order valence-corrected chi connectivity index (χ1v) is 38.5. The molecule has 0 heterocycles. The smallest absolute Gasteiger partial charge is 0.463 e. The number of aliphatic hydroxyl groups excluding tert-OH is 2. The first-order valence-electron chi connectivity index (χ1n) is 35.5. The topological polar surface area (TPSA) is 231 Å². The Morgan fingerprint density at radius 1 is 0.312 bits per heavy atom. The fraction of sp³-hybridized carbons (Fsp3) is 0.667. The Kier molecular flexibility index (Phi) is 64.5. The van der Waals surface area contributed by atoms with Gasteiger partial charge in [0.1, 0.15) is 25.4 Å². The number of allylic oxidation sites excluding steroid dienone is 22. The van der Waals surface area contributed by atoms with Crippen molar-refractivity contribution in [3.05, 3.63) is 134 Å². The van der Waals surface area contributed by atoms with Crippen molar-refractivity contribution in [1.82, 2.24) is 0 Å². The number of unbranched alkanes of at least 4 members (excludes halogenated alkanes) is 21. The molecule has 532 valence electrons. The van der Waals surface area contributed by atoms with Crippen LogP contribution in [0.25, 0.3) is 0 Å². The molecule has 93 heavy (non-hydrogen) atoms. The molecule has 18 heteroatoms. The Balaban J connectivity index is 4.55. The van der Waals surface area contributed by atoms with E-state index in [0.717, 1.165) is 186 Å². The van der Waals surface area contributed by atoms with Gasteiger partial charge in [0.05, 0.1) is 26.4 Å². The summed E-state index contributed by atoms with van der Waals surface area (Å²) < 4.78 is 60.9. The molecule has 0 saturated carbocycles. The third kappa shape index (κ3) is 68.9. The Labute approximate surface area is 563 Å². The van der Waals surface area contributed by atoms with Gasteiger partial charge in [-0.25, -0.2) is 9.13 Å². The van der Waals surface area contributed by atoms with E-state index in [2.05, 4.69) is 154 Å². The lowest BCUT2D eigenvalue weighted by Crippen LogP contribution is -2.30. The summed E-state index contributed by atoms with van der Waals surface area (Å²) in [5.41, 5.74) is 0. The summed E-state index contributed by atoms with van der Waals surface area (Å²) in [6, 6.07) is 0. The summed E-state index contributed by atoms with van der Waals surface area (Å²) >= 11 is 0. The summed E-state index contributed by atoms with van der Waals surface area (Å²) in [7, 11) is -9.79. The quantitative estimate of drug-likeness (QED) is 0.0146. The Morgan fingerprint density at radius 3 is 0.903 bits per heavy atom. The molecule has 0 rings (SSSR count). The predicted octanol–water partition coefficient (Wildman–Crippen LogP) is 20.0. The molecule has 0 spiro atoms. The van der Waals surface area contributed by atoms with E-state index in [9.17, 15) is 43.5 Å². The summed E-state index contributed by atoms with van der Waals surface area (Å²) in [4.78, 5) is 58.4. The van der Waals surface area contributed by atoms with E-state index >= 15 is 0 Å². The van der Waals surface area contributed by atoms with Gasteiger partial charge in [-0.3, -0.25) is 32.5 Å². The van der Waals surface area contributed by atoms with Crippen LogP contribution in [-0.2, 0) is 55.8 Å². The van der Waals surface area contributed by atoms with E-state index in [1.807, 2.05) is 0 Å². The molecule has 5 unspecified atom stereocenters. The van der Waals surface area contributed by atoms with Gasteiger partial charge in [-0.15, -0.1) is 0 Å². The van der Waals surface area contributed by atoms with Gasteiger partial charge in [-0.2, -0.15) is 0 Å². The Bertz CT molecular complexity index is 2230. The number of hydrogen-bond acceptors (Lipinski definition) is 14. The minimum absolute atomic E-state index is 0.0832. The maximum absolute atomic E-state index is 12.9. The van der Waals surface area contributed by atoms with Crippen molar-refractivity contribution < 1.29 is 75.8 Å². The fourth-order valence-electron chi connectivity index (χ4n) is 8.98. The van der Waals surface area contributed by atoms with Gasteiger partial charge in [0.15, 0.2) is 6.10 Å². The van der Waals surface area contributed by atoms with Crippen LogP contribution in [0, 0.1) is 0 Å². The number of hydrogen-bond donors (Lipinski definition) is 4. The van der Waals surface area contributed by atoms with Crippen molar-refractivity contribution in [2.75, 3.05) is 39.6 Å². The molecule has 4 N–H and O–H groups in total. The van der Waals surface area contributed by atoms with Crippen LogP contribution in [0.5, 0.6) is 0 Å². The molecule has 0 fully saturated rings. The molecule has 5 atom stereocenters. The second-order valence-electron chi connectivity index (χ2n) is 23.3. The molecular weight excluding hydrogens is 1220 g/mol. The molecule has 0 aliphatic heterocycles. The number of phosphoric acid groups is 2. The van der Waals surface area contributed by atoms with Crippen LogP contribution < -0.4 is 0 Å². The van der Waals surface area contributed by atoms with Gasteiger partial charge in [0.2, 0.25) is 0 Å². The molecule has 0 saturated heterocycles. The fourth-order valence-corrected chi connectivity index (χ4v) is 10.6. The minimum Gasteiger partial charge on any atom is -0.463 e. The highest BCUT2D eigenvalue weighted by atomic mass is 31.2. The van der Waals surface area contributed by atoms with Crippen LogP contribution in [0.4, 0.5) is 0 Å². The molecule has 16 nitrogen and oxygen atoms in total. The van der Waals surface area contributed by atoms with Gasteiger partial charge in [0.25, 0.3) is 0 Å². The number of phosphoric ester groups is 2. The molecule has 0 aromatic rings. The van der Waals surface area contributed by atoms with Gasteiger partial charge in [-0.05, 0) is 128 Å². The second-order valence-corrected chi connectivity index (χ2v) is 26.2. The van der Waals surface area contributed by atoms with Crippen molar-refractivity contribution in [1.29, 1.82) is 0 Å². The van der Waals surface area contributed by atoms with Crippen molar-refractivity contribution in [2.24, 2.45) is 0 Å². The monoisotopic (exact) mass is 1340 g/mol. The zero-order valence-electron chi connectivity index (χ0n) is 57.6. The number of ether oxygens (including phenoxy) is 3. The Hall–Kier alpha value is -4.31. The van der Waals surface area contributed by atoms with E-state index < -0.39 is 91.5 Å². The number of carbonyl (C=O) groups is 3. The van der Waals surface area contributed by atoms with E-state index in [-0.39, 0.29) is 19.3 Å². The molecule has 0 aliphatic carbocycles. The first kappa shape index (κ1) is 88.7. The molecule has 0 amide bonds. The normalized spacial score (nSPS) is 15.0. The number of rotatable bonds is 66. The summed E-state index contributed by atoms with van der Waals surface area (Å²) in [5, 5.41) is 20.6. The molecule has 0 aliphatic rings. The van der Waals surface area contributed by atoms with Crippen molar-refractivity contribution in [2.45, 2.75) is 283 Å². The van der Waals surface area contributed by atoms with Crippen LogP contribution in [-0.4, -0.2) is 95.9 Å². The standard InChI is InChI=1S/C75H126O16P2/c1-4-7-10-13-16-19-22-25-27-29-30-31-32-33-34-35-36-37-38-40-42-44-46-49-52-55-58-61-73(78)85-64-70(76)65-87-92(81,82)88-66-71(77)67-89-93(83,84)90-69-72(91-75(80)63-60-57-54-51-48-43-24-21-18-15-12-9-6-3)68-86-74(79)62-59-56-53-50-47-45-41-39-28-26-23-20-17-14-11-8-5-2/h7-8,10-12,15-17,19-21,24-28,30-31,33-34,36-37,70-72,76-77H,4-6,9,13-14,18,22-23,29,32,35,38-69H2,1-3H3,(H,81,82)(H,83,84)/b10-7-,11-8-,15-12-,19-16-,20-17-,24-21-,27-25-,28-26-,31-30-,34-33-,37-36-. The molecule has 0 bridgehead atoms. The average molecular weight is 1350 g/mol. The predicted molar refractivity (Wildman–Crippen MR) is 380 cm³/mol. The summed E-state index contributed by atoms with van der Waals surface area (Å²) in [5.74, 6) is -1.61. The van der Waals surface area contributed by atoms with Crippen LogP contribution in [0.3, 0.4) is 0 Å². The maximum atomic E-state index is 12.9. The lowest BCUT2D eigenvalue weighted by Gasteiger charge is -2.21. The van der Waals surface area contributed by atoms with Gasteiger partial charge in [0, 0.05) is 19.3 Å². The first-order chi connectivity index (χ1) is 45.2. The highest BCUT2D eigenvalue weighted by molar-refractivity contribution is 7.47. The van der Waals surface area contributed by atoms with Crippen LogP contribution >= 0.6 is 15.6 Å². The molecule has 0 radical (unpaired) electrons. The van der Waals surface area contributed by atoms with Crippen molar-refractivity contribution in [3.8, 4) is 0 Å². The zero-order chi connectivity index (χ0) is 68.1. The van der Waals surface area contributed by atoms with Gasteiger partial charge in [-0.1, -0.05) is 251 Å². The van der Waals surface area contributed by atoms with E-state index in [1.165, 1.54) is 19.3 Å². The van der Waals surface area contributed by atoms with Crippen LogP contribution in [0.15, 0.2) is 134 Å². The zero-order valence-corrected chi connectivity index (χ0v) is 59.4. The third-order valence-electron chi connectivity index (χ3n) is 14.3. The summed E-state index contributed by atoms with van der Waals surface area (Å²) in [6.45, 7) is 2.33. The molecular formula is C75H126O16P2. The van der Waals surface area contributed by atoms with E-state index in [1.54, 1.807) is 0 Å². The molecule has 0 aromatic carbocycles. The second kappa shape index (κ2) is 67.7. The van der Waals surface area contributed by atoms with Crippen LogP contribution in [0.1, 0.15) is 265 Å². The lowest BCUT2D eigenvalue weighted by atomic mass is 10.1. The lowest BCUT2D eigenvalue weighted by molar-refractivity contribution is -0.161. The highest BCUT2D eigenvalue weighted by Gasteiger charge is 2.29. The summed E-state index contributed by atoms with van der Waals surface area (Å²) in [6.07, 6.45) is 79.3. The van der Waals surface area contributed by atoms with Crippen LogP contribution in [0.2, 0.25) is 0 Å². The van der Waals surface area contributed by atoms with Gasteiger partial charge >= 0.3 is 33.6 Å². The minimum atomic E-state index is -4.93. The highest BCUT2D eigenvalue weighted by Crippen LogP contribution is 2.45. The third-order valence-corrected chi connectivity index (χ3v) is 16.2. The number of aliphatic hydroxyl groups is 2. The number of carbonyl (C=O) groups excluding carboxylic acids is 3. The van der Waals surface area contributed by atoms with Crippen molar-refractivity contribution >= 4 is 33.6 Å². The van der Waals surface area contributed by atoms with Gasteiger partial charge < -0.3 is 34.2 Å². The Morgan fingerprint density at radius 2 is 0.570 bits per heavy atom. The maximum Gasteiger partial charge on any atom is 0.472 e. The molecule has 0 aromatic heterocycles. The van der Waals surface area contributed by atoms with E-state index in [4.69, 9.17) is 32.3 Å². The van der Waals surface area contributed by atoms with E-state index in [0.29, 0.717) is 19.3 Å². The van der Waals surface area contributed by atoms with Crippen molar-refractivity contribution in [3.63, 3.8) is 0 Å².